The molecule has 1 aromatic heterocycles. The number of anilines is 1. The summed E-state index contributed by atoms with van der Waals surface area (Å²) in [6.07, 6.45) is 2.11. The van der Waals surface area contributed by atoms with Crippen molar-refractivity contribution in [3.8, 4) is 0 Å². The van der Waals surface area contributed by atoms with Crippen LogP contribution >= 0.6 is 0 Å². The maximum Gasteiger partial charge on any atom is 0.208 e. The predicted octanol–water partition coefficient (Wildman–Crippen LogP) is 0.967. The number of hydrogen-bond acceptors (Lipinski definition) is 4. The first kappa shape index (κ1) is 10.4. The molecule has 76 valence electrons. The van der Waals surface area contributed by atoms with Crippen molar-refractivity contribution in [3.63, 3.8) is 0 Å². The quantitative estimate of drug-likeness (QED) is 0.530. The molecule has 1 heterocycles. The van der Waals surface area contributed by atoms with Gasteiger partial charge in [0.2, 0.25) is 6.54 Å². The molecule has 0 radical (unpaired) electrons. The van der Waals surface area contributed by atoms with Gasteiger partial charge in [0, 0.05) is 37.2 Å². The Morgan fingerprint density at radius 1 is 1.57 bits per heavy atom. The van der Waals surface area contributed by atoms with E-state index in [0.29, 0.717) is 6.42 Å². The Balaban J connectivity index is 2.79. The second-order valence-corrected chi connectivity index (χ2v) is 3.19. The van der Waals surface area contributed by atoms with E-state index in [9.17, 15) is 10.1 Å². The van der Waals surface area contributed by atoms with Gasteiger partial charge in [0.05, 0.1) is 0 Å². The van der Waals surface area contributed by atoms with Crippen molar-refractivity contribution in [2.24, 2.45) is 0 Å². The fraction of sp³-hybridized carbons (Fsp3) is 0.444. The van der Waals surface area contributed by atoms with E-state index in [2.05, 4.69) is 4.98 Å². The third-order valence-corrected chi connectivity index (χ3v) is 1.85. The highest BCUT2D eigenvalue weighted by molar-refractivity contribution is 5.45. The minimum atomic E-state index is -0.313. The van der Waals surface area contributed by atoms with Gasteiger partial charge in [0.1, 0.15) is 5.82 Å². The highest BCUT2D eigenvalue weighted by Crippen LogP contribution is 2.14. The van der Waals surface area contributed by atoms with Gasteiger partial charge in [-0.05, 0) is 6.07 Å². The van der Waals surface area contributed by atoms with Gasteiger partial charge in [0.25, 0.3) is 0 Å². The minimum absolute atomic E-state index is 0.0491. The topological polar surface area (TPSA) is 59.3 Å². The molecule has 5 heteroatoms. The van der Waals surface area contributed by atoms with E-state index in [0.717, 1.165) is 11.4 Å². The maximum absolute atomic E-state index is 10.2. The van der Waals surface area contributed by atoms with Gasteiger partial charge in [-0.3, -0.25) is 10.1 Å². The van der Waals surface area contributed by atoms with Crippen LogP contribution in [-0.2, 0) is 6.42 Å². The van der Waals surface area contributed by atoms with Crippen LogP contribution in [0.3, 0.4) is 0 Å². The summed E-state index contributed by atoms with van der Waals surface area (Å²) in [6.45, 7) is -0.0491. The van der Waals surface area contributed by atoms with Crippen molar-refractivity contribution in [1.29, 1.82) is 0 Å². The van der Waals surface area contributed by atoms with Crippen LogP contribution < -0.4 is 4.90 Å². The van der Waals surface area contributed by atoms with Crippen molar-refractivity contribution in [1.82, 2.24) is 4.98 Å². The molecule has 0 N–H and O–H groups in total. The zero-order chi connectivity index (χ0) is 10.6. The van der Waals surface area contributed by atoms with Crippen molar-refractivity contribution in [2.45, 2.75) is 6.42 Å². The van der Waals surface area contributed by atoms with E-state index in [1.807, 2.05) is 25.1 Å². The normalized spacial score (nSPS) is 9.86. The van der Waals surface area contributed by atoms with E-state index < -0.39 is 0 Å². The summed E-state index contributed by atoms with van der Waals surface area (Å²) in [7, 11) is 3.75. The van der Waals surface area contributed by atoms with E-state index in [1.165, 1.54) is 0 Å². The number of hydrogen-bond donors (Lipinski definition) is 0. The molecule has 0 atom stereocenters. The molecule has 0 aliphatic carbocycles. The number of nitrogens with zero attached hydrogens (tertiary/aromatic N) is 3. The Kier molecular flexibility index (Phi) is 3.39. The van der Waals surface area contributed by atoms with E-state index >= 15 is 0 Å². The van der Waals surface area contributed by atoms with Crippen LogP contribution in [0.2, 0.25) is 0 Å². The molecule has 1 rings (SSSR count). The Morgan fingerprint density at radius 3 is 2.86 bits per heavy atom. The molecule has 0 saturated carbocycles. The Bertz CT molecular complexity index is 326. The van der Waals surface area contributed by atoms with Crippen molar-refractivity contribution >= 4 is 5.82 Å². The Hall–Kier alpha value is -1.65. The zero-order valence-electron chi connectivity index (χ0n) is 8.30. The van der Waals surface area contributed by atoms with Crippen LogP contribution in [0.25, 0.3) is 0 Å². The molecule has 0 saturated heterocycles. The molecule has 0 aromatic carbocycles. The molecule has 0 amide bonds. The molecule has 0 fully saturated rings. The van der Waals surface area contributed by atoms with Gasteiger partial charge in [0.15, 0.2) is 0 Å². The van der Waals surface area contributed by atoms with Crippen LogP contribution in [0, 0.1) is 10.1 Å². The summed E-state index contributed by atoms with van der Waals surface area (Å²) >= 11 is 0. The second-order valence-electron chi connectivity index (χ2n) is 3.19. The second kappa shape index (κ2) is 4.55. The molecule has 1 aromatic rings. The number of pyridine rings is 1. The minimum Gasteiger partial charge on any atom is -0.363 e. The van der Waals surface area contributed by atoms with Gasteiger partial charge in [-0.2, -0.15) is 0 Å². The van der Waals surface area contributed by atoms with Gasteiger partial charge in [-0.25, -0.2) is 4.98 Å². The highest BCUT2D eigenvalue weighted by Gasteiger charge is 2.07. The SMILES string of the molecule is CN(C)c1ncccc1CC[N+](=O)[O-]. The fourth-order valence-electron chi connectivity index (χ4n) is 1.24. The smallest absolute Gasteiger partial charge is 0.208 e. The standard InChI is InChI=1S/C9H13N3O2/c1-11(2)9-8(4-3-6-10-9)5-7-12(13)14/h3-4,6H,5,7H2,1-2H3. The summed E-state index contributed by atoms with van der Waals surface area (Å²) in [6, 6.07) is 3.66. The van der Waals surface area contributed by atoms with Gasteiger partial charge in [-0.15, -0.1) is 0 Å². The summed E-state index contributed by atoms with van der Waals surface area (Å²) in [5, 5.41) is 10.2. The number of aromatic nitrogens is 1. The van der Waals surface area contributed by atoms with Crippen LogP contribution in [0.4, 0.5) is 5.82 Å². The van der Waals surface area contributed by atoms with E-state index in [4.69, 9.17) is 0 Å². The fourth-order valence-corrected chi connectivity index (χ4v) is 1.24. The zero-order valence-corrected chi connectivity index (χ0v) is 8.30. The predicted molar refractivity (Wildman–Crippen MR) is 54.1 cm³/mol. The third kappa shape index (κ3) is 2.69. The monoisotopic (exact) mass is 195 g/mol. The van der Waals surface area contributed by atoms with Crippen molar-refractivity contribution in [3.05, 3.63) is 34.0 Å². The van der Waals surface area contributed by atoms with Gasteiger partial charge < -0.3 is 4.90 Å². The van der Waals surface area contributed by atoms with Crippen LogP contribution in [0.5, 0.6) is 0 Å². The van der Waals surface area contributed by atoms with Crippen LogP contribution in [0.15, 0.2) is 18.3 Å². The number of nitro groups is 1. The molecule has 5 nitrogen and oxygen atoms in total. The van der Waals surface area contributed by atoms with E-state index in [-0.39, 0.29) is 11.5 Å². The van der Waals surface area contributed by atoms with E-state index in [1.54, 1.807) is 12.3 Å². The molecule has 0 bridgehead atoms. The molecule has 0 aliphatic heterocycles. The Labute approximate surface area is 82.5 Å². The summed E-state index contributed by atoms with van der Waals surface area (Å²) < 4.78 is 0. The first-order valence-electron chi connectivity index (χ1n) is 4.34. The first-order chi connectivity index (χ1) is 6.61. The number of rotatable bonds is 4. The van der Waals surface area contributed by atoms with Gasteiger partial charge in [-0.1, -0.05) is 6.07 Å². The lowest BCUT2D eigenvalue weighted by Crippen LogP contribution is -2.14. The van der Waals surface area contributed by atoms with Crippen LogP contribution in [0.1, 0.15) is 5.56 Å². The van der Waals surface area contributed by atoms with Gasteiger partial charge >= 0.3 is 0 Å². The largest absolute Gasteiger partial charge is 0.363 e. The molecular weight excluding hydrogens is 182 g/mol. The lowest BCUT2D eigenvalue weighted by molar-refractivity contribution is -0.479. The lowest BCUT2D eigenvalue weighted by atomic mass is 10.2. The summed E-state index contributed by atoms with van der Waals surface area (Å²) in [5.74, 6) is 0.800. The third-order valence-electron chi connectivity index (χ3n) is 1.85. The Morgan fingerprint density at radius 2 is 2.29 bits per heavy atom. The lowest BCUT2D eigenvalue weighted by Gasteiger charge is -2.14. The average molecular weight is 195 g/mol. The molecule has 0 aliphatic rings. The molecule has 14 heavy (non-hydrogen) atoms. The van der Waals surface area contributed by atoms with Crippen molar-refractivity contribution in [2.75, 3.05) is 25.5 Å². The molecule has 0 spiro atoms. The molecular formula is C9H13N3O2. The van der Waals surface area contributed by atoms with Crippen molar-refractivity contribution < 1.29 is 4.92 Å². The van der Waals surface area contributed by atoms with Crippen LogP contribution in [-0.4, -0.2) is 30.5 Å². The summed E-state index contributed by atoms with van der Waals surface area (Å²) in [4.78, 5) is 15.9. The molecule has 0 unspecified atom stereocenters. The average Bonchev–Trinajstić information content (AvgIpc) is 2.15. The first-order valence-corrected chi connectivity index (χ1v) is 4.34. The summed E-state index contributed by atoms with van der Waals surface area (Å²) in [5.41, 5.74) is 0.911. The maximum atomic E-state index is 10.2. The highest BCUT2D eigenvalue weighted by atomic mass is 16.6.